The summed E-state index contributed by atoms with van der Waals surface area (Å²) in [6.45, 7) is 5.03. The largest absolute Gasteiger partial charge is 0.467 e. The summed E-state index contributed by atoms with van der Waals surface area (Å²) in [7, 11) is -2.63. The van der Waals surface area contributed by atoms with E-state index < -0.39 is 39.4 Å². The second-order valence-electron chi connectivity index (χ2n) is 6.27. The highest BCUT2D eigenvalue weighted by atomic mass is 32.2. The minimum absolute atomic E-state index is 0.207. The van der Waals surface area contributed by atoms with Gasteiger partial charge < -0.3 is 14.8 Å². The van der Waals surface area contributed by atoms with Crippen LogP contribution in [0.4, 0.5) is 4.79 Å². The molecular formula is C13H23NO7S. The zero-order valence-corrected chi connectivity index (χ0v) is 14.3. The lowest BCUT2D eigenvalue weighted by Crippen LogP contribution is -2.61. The maximum Gasteiger partial charge on any atom is 0.408 e. The van der Waals surface area contributed by atoms with Gasteiger partial charge in [0.25, 0.3) is 10.1 Å². The van der Waals surface area contributed by atoms with Gasteiger partial charge in [0, 0.05) is 0 Å². The van der Waals surface area contributed by atoms with Crippen molar-refractivity contribution in [2.45, 2.75) is 57.3 Å². The van der Waals surface area contributed by atoms with Crippen molar-refractivity contribution in [1.82, 2.24) is 5.32 Å². The summed E-state index contributed by atoms with van der Waals surface area (Å²) in [6.07, 6.45) is 0.0487. The fourth-order valence-electron chi connectivity index (χ4n) is 2.41. The molecule has 9 heteroatoms. The molecule has 0 heterocycles. The molecule has 0 aromatic carbocycles. The minimum atomic E-state index is -3.79. The molecule has 1 rings (SSSR count). The van der Waals surface area contributed by atoms with Crippen molar-refractivity contribution >= 4 is 22.2 Å². The second kappa shape index (κ2) is 6.41. The zero-order valence-electron chi connectivity index (χ0n) is 13.5. The summed E-state index contributed by atoms with van der Waals surface area (Å²) in [5.41, 5.74) is -2.33. The minimum Gasteiger partial charge on any atom is -0.467 e. The molecule has 1 aliphatic carbocycles. The molecule has 22 heavy (non-hydrogen) atoms. The third-order valence-electron chi connectivity index (χ3n) is 3.15. The molecular weight excluding hydrogens is 314 g/mol. The van der Waals surface area contributed by atoms with E-state index in [2.05, 4.69) is 5.32 Å². The predicted molar refractivity (Wildman–Crippen MR) is 77.7 cm³/mol. The van der Waals surface area contributed by atoms with Crippen molar-refractivity contribution in [3.8, 4) is 0 Å². The van der Waals surface area contributed by atoms with Gasteiger partial charge in [-0.25, -0.2) is 9.59 Å². The van der Waals surface area contributed by atoms with E-state index in [1.54, 1.807) is 20.8 Å². The van der Waals surface area contributed by atoms with Gasteiger partial charge in [-0.2, -0.15) is 8.42 Å². The molecule has 0 bridgehead atoms. The Balaban J connectivity index is 3.04. The number of methoxy groups -OCH3 is 1. The molecule has 8 nitrogen and oxygen atoms in total. The highest BCUT2D eigenvalue weighted by Gasteiger charge is 2.54. The van der Waals surface area contributed by atoms with Crippen molar-refractivity contribution < 1.29 is 31.7 Å². The van der Waals surface area contributed by atoms with Crippen molar-refractivity contribution in [2.24, 2.45) is 0 Å². The predicted octanol–water partition coefficient (Wildman–Crippen LogP) is 0.952. The second-order valence-corrected chi connectivity index (χ2v) is 7.87. The molecule has 0 aromatic heterocycles. The molecule has 0 aromatic rings. The molecule has 1 amide bonds. The van der Waals surface area contributed by atoms with Crippen molar-refractivity contribution in [3.63, 3.8) is 0 Å². The third kappa shape index (κ3) is 4.84. The van der Waals surface area contributed by atoms with Crippen LogP contribution in [0.5, 0.6) is 0 Å². The Hall–Kier alpha value is -1.35. The molecule has 2 atom stereocenters. The van der Waals surface area contributed by atoms with Crippen molar-refractivity contribution in [3.05, 3.63) is 0 Å². The van der Waals surface area contributed by atoms with Gasteiger partial charge in [-0.1, -0.05) is 0 Å². The standard InChI is InChI=1S/C13H23NO7S/c1-12(2,3)20-11(16)14-13(10(15)19-4)8-6-7-9(13)21-22(5,17)18/h9H,6-8H2,1-5H3,(H,14,16). The van der Waals surface area contributed by atoms with Crippen molar-refractivity contribution in [2.75, 3.05) is 13.4 Å². The first-order valence-electron chi connectivity index (χ1n) is 6.87. The summed E-state index contributed by atoms with van der Waals surface area (Å²) in [4.78, 5) is 24.2. The Labute approximate surface area is 130 Å². The third-order valence-corrected chi connectivity index (χ3v) is 3.73. The van der Waals surface area contributed by atoms with Gasteiger partial charge in [-0.15, -0.1) is 0 Å². The number of esters is 1. The van der Waals surface area contributed by atoms with Crippen LogP contribution in [0, 0.1) is 0 Å². The van der Waals surface area contributed by atoms with Crippen LogP contribution in [0.1, 0.15) is 40.0 Å². The first-order valence-corrected chi connectivity index (χ1v) is 8.69. The number of ether oxygens (including phenoxy) is 2. The number of hydrogen-bond donors (Lipinski definition) is 1. The van der Waals surface area contributed by atoms with Gasteiger partial charge in [-0.05, 0) is 40.0 Å². The van der Waals surface area contributed by atoms with Gasteiger partial charge in [0.1, 0.15) is 11.7 Å². The van der Waals surface area contributed by atoms with E-state index in [1.807, 2.05) is 0 Å². The van der Waals surface area contributed by atoms with Gasteiger partial charge in [-0.3, -0.25) is 4.18 Å². The van der Waals surface area contributed by atoms with Crippen LogP contribution in [0.2, 0.25) is 0 Å². The molecule has 0 spiro atoms. The average molecular weight is 337 g/mol. The SMILES string of the molecule is COC(=O)C1(NC(=O)OC(C)(C)C)CCCC1OS(C)(=O)=O. The molecule has 0 saturated heterocycles. The Morgan fingerprint density at radius 1 is 1.27 bits per heavy atom. The van der Waals surface area contributed by atoms with Gasteiger partial charge in [0.05, 0.1) is 13.4 Å². The lowest BCUT2D eigenvalue weighted by Gasteiger charge is -2.33. The molecule has 2 unspecified atom stereocenters. The fourth-order valence-corrected chi connectivity index (χ4v) is 3.09. The topological polar surface area (TPSA) is 108 Å². The lowest BCUT2D eigenvalue weighted by atomic mass is 9.95. The number of nitrogens with one attached hydrogen (secondary N) is 1. The number of amides is 1. The summed E-state index contributed by atoms with van der Waals surface area (Å²) < 4.78 is 37.6. The first kappa shape index (κ1) is 18.7. The lowest BCUT2D eigenvalue weighted by molar-refractivity contribution is -0.151. The number of carbonyl (C=O) groups is 2. The molecule has 1 N–H and O–H groups in total. The maximum atomic E-state index is 12.2. The van der Waals surface area contributed by atoms with E-state index in [0.717, 1.165) is 13.4 Å². The van der Waals surface area contributed by atoms with Crippen LogP contribution in [-0.4, -0.2) is 51.1 Å². The first-order chi connectivity index (χ1) is 9.89. The Kier molecular flexibility index (Phi) is 5.45. The molecule has 0 aliphatic heterocycles. The van der Waals surface area contributed by atoms with Crippen LogP contribution >= 0.6 is 0 Å². The highest BCUT2D eigenvalue weighted by molar-refractivity contribution is 7.86. The Morgan fingerprint density at radius 2 is 1.86 bits per heavy atom. The van der Waals surface area contributed by atoms with Crippen LogP contribution < -0.4 is 5.32 Å². The maximum absolute atomic E-state index is 12.2. The van der Waals surface area contributed by atoms with E-state index in [9.17, 15) is 18.0 Å². The number of rotatable bonds is 4. The summed E-state index contributed by atoms with van der Waals surface area (Å²) >= 11 is 0. The van der Waals surface area contributed by atoms with Crippen LogP contribution in [0.3, 0.4) is 0 Å². The number of alkyl carbamates (subject to hydrolysis) is 1. The average Bonchev–Trinajstić information content (AvgIpc) is 2.67. The van der Waals surface area contributed by atoms with Crippen molar-refractivity contribution in [1.29, 1.82) is 0 Å². The zero-order chi connectivity index (χ0) is 17.2. The fraction of sp³-hybridized carbons (Fsp3) is 0.846. The molecule has 0 radical (unpaired) electrons. The normalized spacial score (nSPS) is 25.6. The van der Waals surface area contributed by atoms with Gasteiger partial charge >= 0.3 is 12.1 Å². The number of hydrogen-bond acceptors (Lipinski definition) is 7. The molecule has 1 fully saturated rings. The monoisotopic (exact) mass is 337 g/mol. The Bertz CT molecular complexity index is 537. The van der Waals surface area contributed by atoms with E-state index >= 15 is 0 Å². The van der Waals surface area contributed by atoms with E-state index in [4.69, 9.17) is 13.7 Å². The van der Waals surface area contributed by atoms with Gasteiger partial charge in [0.2, 0.25) is 0 Å². The van der Waals surface area contributed by atoms with Crippen LogP contribution in [-0.2, 0) is 28.6 Å². The molecule has 128 valence electrons. The summed E-state index contributed by atoms with van der Waals surface area (Å²) in [6, 6.07) is 0. The van der Waals surface area contributed by atoms with Gasteiger partial charge in [0.15, 0.2) is 5.54 Å². The van der Waals surface area contributed by atoms with E-state index in [-0.39, 0.29) is 6.42 Å². The quantitative estimate of drug-likeness (QED) is 0.601. The summed E-state index contributed by atoms with van der Waals surface area (Å²) in [5, 5.41) is 2.45. The van der Waals surface area contributed by atoms with E-state index in [1.165, 1.54) is 0 Å². The van der Waals surface area contributed by atoms with E-state index in [0.29, 0.717) is 12.8 Å². The highest BCUT2D eigenvalue weighted by Crippen LogP contribution is 2.35. The molecule has 1 aliphatic rings. The van der Waals surface area contributed by atoms with Crippen LogP contribution in [0.25, 0.3) is 0 Å². The smallest absolute Gasteiger partial charge is 0.408 e. The Morgan fingerprint density at radius 3 is 2.32 bits per heavy atom. The van der Waals surface area contributed by atoms with Crippen LogP contribution in [0.15, 0.2) is 0 Å². The number of carbonyl (C=O) groups excluding carboxylic acids is 2. The molecule has 1 saturated carbocycles. The summed E-state index contributed by atoms with van der Waals surface area (Å²) in [5.74, 6) is -0.760.